The van der Waals surface area contributed by atoms with Crippen molar-refractivity contribution in [1.29, 1.82) is 0 Å². The van der Waals surface area contributed by atoms with Gasteiger partial charge in [0.25, 0.3) is 5.91 Å². The second kappa shape index (κ2) is 14.5. The van der Waals surface area contributed by atoms with Gasteiger partial charge in [-0.3, -0.25) is 24.1 Å². The molecule has 53 heavy (non-hydrogen) atoms. The topological polar surface area (TPSA) is 209 Å². The number of phenols is 1. The highest BCUT2D eigenvalue weighted by Gasteiger charge is 2.63. The Hall–Kier alpha value is -5.50. The van der Waals surface area contributed by atoms with Crippen LogP contribution >= 0.6 is 0 Å². The zero-order chi connectivity index (χ0) is 38.4. The largest absolute Gasteiger partial charge is 0.510 e. The summed E-state index contributed by atoms with van der Waals surface area (Å²) in [5, 5.41) is 49.0. The predicted molar refractivity (Wildman–Crippen MR) is 193 cm³/mol. The molecule has 5 atom stereocenters. The van der Waals surface area contributed by atoms with Crippen LogP contribution in [0.4, 0.5) is 0 Å². The van der Waals surface area contributed by atoms with E-state index in [-0.39, 0.29) is 48.8 Å². The number of amides is 1. The maximum atomic E-state index is 14.3. The van der Waals surface area contributed by atoms with Gasteiger partial charge in [0, 0.05) is 23.6 Å². The number of carbonyl (C=O) groups is 4. The fraction of sp³-hybridized carbons (Fsp3) is 0.350. The van der Waals surface area contributed by atoms with Crippen LogP contribution in [0.1, 0.15) is 40.4 Å². The first kappa shape index (κ1) is 37.3. The Bertz CT molecular complexity index is 2060. The number of ether oxygens (including phenoxy) is 2. The van der Waals surface area contributed by atoms with Gasteiger partial charge < -0.3 is 41.0 Å². The quantitative estimate of drug-likeness (QED) is 0.125. The molecule has 7 N–H and O–H groups in total. The maximum absolute atomic E-state index is 14.3. The number of aromatic hydroxyl groups is 1. The fourth-order valence-corrected chi connectivity index (χ4v) is 8.15. The lowest BCUT2D eigenvalue weighted by Crippen LogP contribution is -2.63. The van der Waals surface area contributed by atoms with Crippen LogP contribution < -0.4 is 15.8 Å². The van der Waals surface area contributed by atoms with Crippen molar-refractivity contribution in [3.63, 3.8) is 0 Å². The summed E-state index contributed by atoms with van der Waals surface area (Å²) in [6.07, 6.45) is 0.471. The number of allylic oxidation sites excluding steroid dienone is 1. The Kier molecular flexibility index (Phi) is 10.2. The molecule has 13 heteroatoms. The molecular weight excluding hydrogens is 682 g/mol. The van der Waals surface area contributed by atoms with E-state index in [2.05, 4.69) is 5.32 Å². The fourth-order valence-electron chi connectivity index (χ4n) is 8.15. The van der Waals surface area contributed by atoms with Crippen LogP contribution in [-0.4, -0.2) is 94.3 Å². The number of Topliss-reactive ketones (excluding diaryl/α,β-unsaturated/α-hetero) is 2. The number of methoxy groups -OCH3 is 1. The van der Waals surface area contributed by atoms with E-state index in [0.29, 0.717) is 28.9 Å². The van der Waals surface area contributed by atoms with E-state index in [1.165, 1.54) is 18.1 Å². The summed E-state index contributed by atoms with van der Waals surface area (Å²) in [6, 6.07) is 16.4. The predicted octanol–water partition coefficient (Wildman–Crippen LogP) is 3.06. The van der Waals surface area contributed by atoms with Gasteiger partial charge in [0.2, 0.25) is 5.78 Å². The number of aliphatic hydroxyl groups is 3. The van der Waals surface area contributed by atoms with Gasteiger partial charge in [-0.05, 0) is 86.7 Å². The molecule has 0 aromatic heterocycles. The van der Waals surface area contributed by atoms with E-state index < -0.39 is 64.1 Å². The van der Waals surface area contributed by atoms with Crippen LogP contribution in [0.15, 0.2) is 83.3 Å². The minimum Gasteiger partial charge on any atom is -0.510 e. The van der Waals surface area contributed by atoms with Gasteiger partial charge in [-0.15, -0.1) is 0 Å². The van der Waals surface area contributed by atoms with E-state index in [9.17, 15) is 39.6 Å². The minimum absolute atomic E-state index is 0.0430. The molecule has 3 aliphatic carbocycles. The van der Waals surface area contributed by atoms with Crippen molar-refractivity contribution in [1.82, 2.24) is 10.2 Å². The van der Waals surface area contributed by atoms with Crippen molar-refractivity contribution >= 4 is 23.4 Å². The Morgan fingerprint density at radius 3 is 2.38 bits per heavy atom. The molecule has 3 aliphatic rings. The van der Waals surface area contributed by atoms with Gasteiger partial charge in [0.15, 0.2) is 11.4 Å². The maximum Gasteiger partial charge on any atom is 0.323 e. The Morgan fingerprint density at radius 2 is 1.74 bits per heavy atom. The molecule has 3 aromatic carbocycles. The summed E-state index contributed by atoms with van der Waals surface area (Å²) >= 11 is 0. The van der Waals surface area contributed by atoms with Crippen LogP contribution in [0.25, 0.3) is 11.1 Å². The van der Waals surface area contributed by atoms with Gasteiger partial charge in [-0.1, -0.05) is 42.5 Å². The first-order valence-corrected chi connectivity index (χ1v) is 17.3. The smallest absolute Gasteiger partial charge is 0.323 e. The highest BCUT2D eigenvalue weighted by molar-refractivity contribution is 6.25. The second-order valence-electron chi connectivity index (χ2n) is 13.9. The van der Waals surface area contributed by atoms with Crippen molar-refractivity contribution in [2.24, 2.45) is 17.6 Å². The molecule has 0 aliphatic heterocycles. The van der Waals surface area contributed by atoms with Gasteiger partial charge >= 0.3 is 5.97 Å². The number of hydrogen-bond donors (Lipinski definition) is 6. The summed E-state index contributed by atoms with van der Waals surface area (Å²) in [5.74, 6) is -7.11. The number of phenolic OH excluding ortho intramolecular Hbond substituents is 1. The SMILES string of the molecule is CCOC(=O)C(Cc1ccccc1)NCc1ccc(OC)c(-c2ccc(O)c3c2C[C@@H]2C[C@@H]4C(N(C)C)C(O)=C(C(N)=O)C(=O)[C@]4(O)C(O)=C2C3=O)c1. The number of nitrogens with one attached hydrogen (secondary N) is 1. The number of ketones is 2. The van der Waals surface area contributed by atoms with Crippen molar-refractivity contribution in [3.8, 4) is 22.6 Å². The summed E-state index contributed by atoms with van der Waals surface area (Å²) < 4.78 is 11.1. The average molecular weight is 726 g/mol. The van der Waals surface area contributed by atoms with Crippen LogP contribution in [-0.2, 0) is 38.5 Å². The van der Waals surface area contributed by atoms with Gasteiger partial charge in [-0.25, -0.2) is 0 Å². The van der Waals surface area contributed by atoms with Crippen molar-refractivity contribution in [3.05, 3.63) is 106 Å². The lowest BCUT2D eigenvalue weighted by atomic mass is 9.58. The molecule has 278 valence electrons. The molecule has 0 radical (unpaired) electrons. The van der Waals surface area contributed by atoms with Crippen LogP contribution in [0.2, 0.25) is 0 Å². The van der Waals surface area contributed by atoms with Gasteiger partial charge in [0.1, 0.15) is 34.6 Å². The highest BCUT2D eigenvalue weighted by Crippen LogP contribution is 2.53. The van der Waals surface area contributed by atoms with Crippen LogP contribution in [0.5, 0.6) is 11.5 Å². The van der Waals surface area contributed by atoms with Crippen LogP contribution in [0, 0.1) is 11.8 Å². The van der Waals surface area contributed by atoms with Crippen LogP contribution in [0.3, 0.4) is 0 Å². The number of benzene rings is 3. The monoisotopic (exact) mass is 725 g/mol. The van der Waals surface area contributed by atoms with E-state index >= 15 is 0 Å². The molecule has 0 saturated heterocycles. The third-order valence-electron chi connectivity index (χ3n) is 10.6. The lowest BCUT2D eigenvalue weighted by Gasteiger charge is -2.50. The molecule has 0 heterocycles. The molecule has 13 nitrogen and oxygen atoms in total. The summed E-state index contributed by atoms with van der Waals surface area (Å²) in [7, 11) is 4.66. The number of aliphatic hydroxyl groups excluding tert-OH is 2. The number of esters is 1. The summed E-state index contributed by atoms with van der Waals surface area (Å²) in [5.41, 5.74) is 4.86. The van der Waals surface area contributed by atoms with Crippen molar-refractivity contribution < 1.29 is 49.1 Å². The third kappa shape index (κ3) is 6.34. The van der Waals surface area contributed by atoms with E-state index in [4.69, 9.17) is 15.2 Å². The molecule has 0 spiro atoms. The summed E-state index contributed by atoms with van der Waals surface area (Å²) in [6.45, 7) is 2.26. The molecule has 0 fully saturated rings. The van der Waals surface area contributed by atoms with Gasteiger partial charge in [-0.2, -0.15) is 0 Å². The molecule has 6 rings (SSSR count). The second-order valence-corrected chi connectivity index (χ2v) is 13.9. The molecule has 2 unspecified atom stereocenters. The minimum atomic E-state index is -2.73. The first-order chi connectivity index (χ1) is 25.2. The zero-order valence-corrected chi connectivity index (χ0v) is 29.9. The van der Waals surface area contributed by atoms with Crippen molar-refractivity contribution in [2.75, 3.05) is 27.8 Å². The first-order valence-electron chi connectivity index (χ1n) is 17.3. The zero-order valence-electron chi connectivity index (χ0n) is 29.9. The number of primary amides is 1. The van der Waals surface area contributed by atoms with E-state index in [0.717, 1.165) is 11.1 Å². The van der Waals surface area contributed by atoms with Crippen molar-refractivity contribution in [2.45, 2.75) is 50.4 Å². The standard InChI is InChI=1S/C40H43N3O10/c1-5-53-39(50)27(16-20-9-7-6-8-10-20)42-19-21-11-14-29(52-4)24(15-21)23-12-13-28(44)31-25(23)17-22-18-26-33(43(2)3)35(46)32(38(41)49)37(48)40(26,51)36(47)30(22)34(31)45/h6-15,22,26-27,33,42,44,46-47,51H,5,16-19H2,1-4H3,(H2,41,49)/t22-,26-,27?,33?,40-/m1/s1. The number of rotatable bonds is 11. The molecule has 1 amide bonds. The Morgan fingerprint density at radius 1 is 1.02 bits per heavy atom. The van der Waals surface area contributed by atoms with E-state index in [1.54, 1.807) is 33.2 Å². The normalized spacial score (nSPS) is 22.9. The number of carbonyl (C=O) groups excluding carboxylic acids is 4. The third-order valence-corrected chi connectivity index (χ3v) is 10.6. The van der Waals surface area contributed by atoms with Gasteiger partial charge in [0.05, 0.1) is 25.3 Å². The average Bonchev–Trinajstić information content (AvgIpc) is 3.12. The molecular formula is C40H43N3O10. The molecule has 3 aromatic rings. The van der Waals surface area contributed by atoms with E-state index in [1.807, 2.05) is 42.5 Å². The lowest BCUT2D eigenvalue weighted by molar-refractivity contribution is -0.148. The summed E-state index contributed by atoms with van der Waals surface area (Å²) in [4.78, 5) is 54.6. The molecule has 0 saturated carbocycles. The Labute approximate surface area is 306 Å². The number of hydrogen-bond acceptors (Lipinski definition) is 12. The number of nitrogens with two attached hydrogens (primary N) is 1. The number of likely N-dealkylation sites (N-methyl/N-ethyl adjacent to an activating group) is 1. The highest BCUT2D eigenvalue weighted by atomic mass is 16.5. The number of nitrogens with zero attached hydrogens (tertiary/aromatic N) is 1. The molecule has 0 bridgehead atoms. The Balaban J connectivity index is 1.40. The number of fused-ring (bicyclic) bond motifs is 3.